The molecule has 1 saturated carbocycles. The summed E-state index contributed by atoms with van der Waals surface area (Å²) < 4.78 is 52.6. The van der Waals surface area contributed by atoms with Crippen LogP contribution in [0.4, 0.5) is 14.5 Å². The molecule has 30 heavy (non-hydrogen) atoms. The molecular formula is C21H30F2N4O2S. The lowest BCUT2D eigenvalue weighted by atomic mass is 9.81. The van der Waals surface area contributed by atoms with Crippen LogP contribution in [0.1, 0.15) is 50.5 Å². The molecule has 2 aromatic rings. The number of aromatic amines is 1. The lowest BCUT2D eigenvalue weighted by molar-refractivity contribution is 0.214. The van der Waals surface area contributed by atoms with Crippen LogP contribution in [-0.4, -0.2) is 41.0 Å². The molecule has 166 valence electrons. The number of sulfonamides is 1. The van der Waals surface area contributed by atoms with Gasteiger partial charge < -0.3 is 9.88 Å². The number of hydrogen-bond acceptors (Lipinski definition) is 4. The Balaban J connectivity index is 0.00000272. The number of fused-ring (bicyclic) bond motifs is 1. The highest BCUT2D eigenvalue weighted by Gasteiger charge is 2.38. The Kier molecular flexibility index (Phi) is 6.11. The van der Waals surface area contributed by atoms with Crippen molar-refractivity contribution < 1.29 is 18.6 Å². The minimum absolute atomic E-state index is 0. The second-order valence-electron chi connectivity index (χ2n) is 8.36. The monoisotopic (exact) mass is 440 g/mol. The highest BCUT2D eigenvalue weighted by Crippen LogP contribution is 2.36. The van der Waals surface area contributed by atoms with E-state index in [2.05, 4.69) is 14.9 Å². The van der Waals surface area contributed by atoms with Crippen molar-refractivity contribution in [3.05, 3.63) is 47.5 Å². The molecule has 1 aromatic heterocycles. The van der Waals surface area contributed by atoms with Gasteiger partial charge in [0.2, 0.25) is 0 Å². The van der Waals surface area contributed by atoms with Crippen LogP contribution >= 0.6 is 0 Å². The van der Waals surface area contributed by atoms with Crippen molar-refractivity contribution in [3.63, 3.8) is 0 Å². The molecule has 0 saturated heterocycles. The van der Waals surface area contributed by atoms with Crippen LogP contribution in [0, 0.1) is 12.8 Å². The fraction of sp³-hybridized carbons (Fsp3) is 0.571. The van der Waals surface area contributed by atoms with Gasteiger partial charge in [-0.3, -0.25) is 0 Å². The van der Waals surface area contributed by atoms with E-state index in [9.17, 15) is 17.2 Å². The van der Waals surface area contributed by atoms with Crippen LogP contribution in [0.2, 0.25) is 0 Å². The summed E-state index contributed by atoms with van der Waals surface area (Å²) in [5.41, 5.74) is 3.46. The summed E-state index contributed by atoms with van der Waals surface area (Å²) >= 11 is 0. The highest BCUT2D eigenvalue weighted by molar-refractivity contribution is 7.89. The number of H-pyrrole nitrogens is 1. The van der Waals surface area contributed by atoms with Crippen LogP contribution in [0.3, 0.4) is 0 Å². The van der Waals surface area contributed by atoms with Crippen molar-refractivity contribution in [2.75, 3.05) is 11.4 Å². The third-order valence-corrected chi connectivity index (χ3v) is 7.92. The molecule has 9 heteroatoms. The van der Waals surface area contributed by atoms with Crippen LogP contribution in [-0.2, 0) is 23.1 Å². The van der Waals surface area contributed by atoms with Crippen LogP contribution in [0.15, 0.2) is 30.6 Å². The maximum absolute atomic E-state index is 13.4. The van der Waals surface area contributed by atoms with Gasteiger partial charge in [0.05, 0.1) is 18.6 Å². The summed E-state index contributed by atoms with van der Waals surface area (Å²) in [4.78, 5) is 9.67. The molecule has 0 radical (unpaired) electrons. The lowest BCUT2D eigenvalue weighted by Crippen LogP contribution is -2.45. The number of aryl methyl sites for hydroxylation is 1. The fourth-order valence-corrected chi connectivity index (χ4v) is 5.32. The van der Waals surface area contributed by atoms with Gasteiger partial charge in [-0.25, -0.2) is 13.4 Å². The molecule has 1 aliphatic heterocycles. The zero-order valence-corrected chi connectivity index (χ0v) is 17.9. The molecule has 1 N–H and O–H groups in total. The molecule has 1 atom stereocenters. The van der Waals surface area contributed by atoms with Gasteiger partial charge in [0, 0.05) is 31.9 Å². The first-order valence-corrected chi connectivity index (χ1v) is 12.0. The Morgan fingerprint density at radius 1 is 1.27 bits per heavy atom. The fourth-order valence-electron chi connectivity index (χ4n) is 4.40. The number of nitrogens with zero attached hydrogens (tertiary/aromatic N) is 3. The number of hydrogen-bond donors (Lipinski definition) is 1. The number of anilines is 1. The van der Waals surface area contributed by atoms with E-state index in [0.29, 0.717) is 12.5 Å². The van der Waals surface area contributed by atoms with Gasteiger partial charge in [0.1, 0.15) is 0 Å². The number of para-hydroxylation sites is 1. The van der Waals surface area contributed by atoms with Crippen LogP contribution in [0.5, 0.6) is 0 Å². The predicted octanol–water partition coefficient (Wildman–Crippen LogP) is 4.29. The van der Waals surface area contributed by atoms with Crippen LogP contribution < -0.4 is 4.90 Å². The van der Waals surface area contributed by atoms with Crippen molar-refractivity contribution in [1.29, 1.82) is 0 Å². The average Bonchev–Trinajstić information content (AvgIpc) is 3.00. The summed E-state index contributed by atoms with van der Waals surface area (Å²) in [7, 11) is -4.67. The van der Waals surface area contributed by atoms with Gasteiger partial charge >= 0.3 is 5.76 Å². The third-order valence-electron chi connectivity index (χ3n) is 6.48. The predicted molar refractivity (Wildman–Crippen MR) is 114 cm³/mol. The molecule has 0 spiro atoms. The Bertz CT molecular complexity index is 981. The normalized spacial score (nSPS) is 20.8. The Morgan fingerprint density at radius 3 is 2.67 bits per heavy atom. The van der Waals surface area contributed by atoms with E-state index in [1.54, 1.807) is 6.33 Å². The summed E-state index contributed by atoms with van der Waals surface area (Å²) in [6, 6.07) is 7.30. The zero-order valence-electron chi connectivity index (χ0n) is 17.1. The number of imidazole rings is 1. The zero-order chi connectivity index (χ0) is 21.3. The number of alkyl halides is 2. The average molecular weight is 441 g/mol. The minimum atomic E-state index is -4.67. The maximum Gasteiger partial charge on any atom is 0.350 e. The van der Waals surface area contributed by atoms with Crippen LogP contribution in [0.25, 0.3) is 0 Å². The second-order valence-corrected chi connectivity index (χ2v) is 10.3. The standard InChI is InChI=1S/C21H28F2N4O2S.H2/c1-15-19(25-14-24-15)13-27-18(10-9-16-5-4-6-16)12-26(30(28,29)21(22)23)11-17-7-2-3-8-20(17)27;/h2-3,7-8,14,16,18,21H,4-6,9-13H2,1H3,(H,24,25);1H/t18-;/m1./s1. The molecule has 0 amide bonds. The van der Waals surface area contributed by atoms with Gasteiger partial charge in [-0.05, 0) is 37.3 Å². The van der Waals surface area contributed by atoms with E-state index in [1.165, 1.54) is 19.3 Å². The van der Waals surface area contributed by atoms with Gasteiger partial charge in [0.15, 0.2) is 0 Å². The topological polar surface area (TPSA) is 69.3 Å². The molecule has 1 aromatic carbocycles. The number of benzene rings is 1. The molecule has 1 fully saturated rings. The van der Waals surface area contributed by atoms with Gasteiger partial charge in [0.25, 0.3) is 10.0 Å². The smallest absolute Gasteiger partial charge is 0.350 e. The van der Waals surface area contributed by atoms with Crippen molar-refractivity contribution in [2.24, 2.45) is 5.92 Å². The number of nitrogens with one attached hydrogen (secondary N) is 1. The van der Waals surface area contributed by atoms with Crippen molar-refractivity contribution >= 4 is 15.7 Å². The Morgan fingerprint density at radius 2 is 2.03 bits per heavy atom. The summed E-state index contributed by atoms with van der Waals surface area (Å²) in [6.07, 6.45) is 7.01. The summed E-state index contributed by atoms with van der Waals surface area (Å²) in [5.74, 6) is -2.77. The first-order chi connectivity index (χ1) is 14.4. The third kappa shape index (κ3) is 4.23. The molecule has 0 unspecified atom stereocenters. The SMILES string of the molecule is Cc1[nH]cnc1CN1c2ccccc2CN(S(=O)(=O)C(F)F)C[C@H]1CCC1CCC1.[HH]. The van der Waals surface area contributed by atoms with E-state index < -0.39 is 15.8 Å². The first-order valence-electron chi connectivity index (χ1n) is 10.5. The lowest BCUT2D eigenvalue weighted by Gasteiger charge is -2.36. The molecule has 1 aliphatic carbocycles. The van der Waals surface area contributed by atoms with E-state index in [0.717, 1.165) is 39.8 Å². The largest absolute Gasteiger partial charge is 0.361 e. The van der Waals surface area contributed by atoms with Gasteiger partial charge in [-0.1, -0.05) is 37.5 Å². The highest BCUT2D eigenvalue weighted by atomic mass is 32.2. The second kappa shape index (κ2) is 8.63. The Labute approximate surface area is 177 Å². The van der Waals surface area contributed by atoms with Crippen molar-refractivity contribution in [1.82, 2.24) is 14.3 Å². The Hall–Kier alpha value is -2.00. The molecular weight excluding hydrogens is 410 g/mol. The van der Waals surface area contributed by atoms with Crippen molar-refractivity contribution in [3.8, 4) is 0 Å². The summed E-state index contributed by atoms with van der Waals surface area (Å²) in [5, 5.41) is 0. The molecule has 0 bridgehead atoms. The number of aromatic nitrogens is 2. The van der Waals surface area contributed by atoms with Crippen molar-refractivity contribution in [2.45, 2.75) is 63.9 Å². The van der Waals surface area contributed by atoms with E-state index >= 15 is 0 Å². The number of rotatable bonds is 7. The minimum Gasteiger partial charge on any atom is -0.361 e. The molecule has 6 nitrogen and oxygen atoms in total. The maximum atomic E-state index is 13.4. The molecule has 2 aliphatic rings. The molecule has 2 heterocycles. The van der Waals surface area contributed by atoms with E-state index in [1.807, 2.05) is 31.2 Å². The van der Waals surface area contributed by atoms with E-state index in [4.69, 9.17) is 0 Å². The summed E-state index contributed by atoms with van der Waals surface area (Å²) in [6.45, 7) is 2.46. The quantitative estimate of drug-likeness (QED) is 0.697. The van der Waals surface area contributed by atoms with Gasteiger partial charge in [-0.15, -0.1) is 0 Å². The van der Waals surface area contributed by atoms with E-state index in [-0.39, 0.29) is 20.6 Å². The van der Waals surface area contributed by atoms with Gasteiger partial charge in [-0.2, -0.15) is 13.1 Å². The molecule has 4 rings (SSSR count). The number of halogens is 2. The first kappa shape index (κ1) is 21.2.